The third-order valence-electron chi connectivity index (χ3n) is 7.48. The highest BCUT2D eigenvalue weighted by atomic mass is 19.1. The molecule has 204 valence electrons. The summed E-state index contributed by atoms with van der Waals surface area (Å²) >= 11 is 0. The van der Waals surface area contributed by atoms with Crippen LogP contribution in [0.1, 0.15) is 12.6 Å². The number of benzene rings is 1. The second kappa shape index (κ2) is 9.24. The quantitative estimate of drug-likeness (QED) is 0.304. The highest BCUT2D eigenvalue weighted by Gasteiger charge is 2.49. The zero-order valence-electron chi connectivity index (χ0n) is 21.5. The molecular formula is C27H26FN9O3. The summed E-state index contributed by atoms with van der Waals surface area (Å²) in [6, 6.07) is 11.1. The number of nitrogen functional groups attached to an aromatic ring is 1. The molecule has 12 nitrogen and oxygen atoms in total. The van der Waals surface area contributed by atoms with Gasteiger partial charge in [-0.15, -0.1) is 0 Å². The number of aliphatic hydroxyl groups is 1. The Labute approximate surface area is 227 Å². The normalized spacial score (nSPS) is 22.6. The van der Waals surface area contributed by atoms with Crippen LogP contribution in [0.25, 0.3) is 33.2 Å². The van der Waals surface area contributed by atoms with E-state index in [0.29, 0.717) is 28.0 Å². The summed E-state index contributed by atoms with van der Waals surface area (Å²) in [6.45, 7) is 1.94. The van der Waals surface area contributed by atoms with Crippen LogP contribution in [-0.4, -0.2) is 71.8 Å². The van der Waals surface area contributed by atoms with E-state index in [1.807, 2.05) is 18.2 Å². The first kappa shape index (κ1) is 24.4. The van der Waals surface area contributed by atoms with Crippen molar-refractivity contribution in [3.05, 3.63) is 55.1 Å². The molecule has 1 amide bonds. The molecule has 13 heteroatoms. The summed E-state index contributed by atoms with van der Waals surface area (Å²) in [5.74, 6) is 0.398. The molecule has 4 atom stereocenters. The average Bonchev–Trinajstić information content (AvgIpc) is 3.59. The summed E-state index contributed by atoms with van der Waals surface area (Å²) in [4.78, 5) is 28.5. The van der Waals surface area contributed by atoms with Crippen LogP contribution in [0.3, 0.4) is 0 Å². The average molecular weight is 544 g/mol. The van der Waals surface area contributed by atoms with E-state index in [-0.39, 0.29) is 5.82 Å². The number of alkyl halides is 1. The molecule has 2 aliphatic heterocycles. The second-order valence-corrected chi connectivity index (χ2v) is 10.1. The van der Waals surface area contributed by atoms with Crippen LogP contribution < -0.4 is 16.0 Å². The summed E-state index contributed by atoms with van der Waals surface area (Å²) in [5.41, 5.74) is 8.80. The minimum atomic E-state index is -1.92. The van der Waals surface area contributed by atoms with Gasteiger partial charge in [0, 0.05) is 49.2 Å². The maximum Gasteiger partial charge on any atom is 0.256 e. The van der Waals surface area contributed by atoms with Crippen molar-refractivity contribution in [2.24, 2.45) is 7.05 Å². The highest BCUT2D eigenvalue weighted by Crippen LogP contribution is 2.39. The fourth-order valence-corrected chi connectivity index (χ4v) is 5.25. The van der Waals surface area contributed by atoms with Gasteiger partial charge in [-0.3, -0.25) is 9.48 Å². The van der Waals surface area contributed by atoms with E-state index < -0.39 is 30.5 Å². The van der Waals surface area contributed by atoms with Gasteiger partial charge < -0.3 is 30.4 Å². The number of hydrogen-bond donors (Lipinski definition) is 3. The number of rotatable bonds is 5. The van der Waals surface area contributed by atoms with Gasteiger partial charge in [-0.25, -0.2) is 19.3 Å². The lowest BCUT2D eigenvalue weighted by molar-refractivity contribution is -0.132. The lowest BCUT2D eigenvalue weighted by Gasteiger charge is -2.32. The summed E-state index contributed by atoms with van der Waals surface area (Å²) in [7, 11) is 1.77. The Bertz CT molecular complexity index is 1770. The lowest BCUT2D eigenvalue weighted by Crippen LogP contribution is -2.38. The van der Waals surface area contributed by atoms with Gasteiger partial charge in [-0.05, 0) is 36.8 Å². The predicted octanol–water partition coefficient (Wildman–Crippen LogP) is 2.41. The number of aromatic nitrogens is 6. The van der Waals surface area contributed by atoms with Crippen LogP contribution >= 0.6 is 0 Å². The van der Waals surface area contributed by atoms with E-state index in [0.717, 1.165) is 36.2 Å². The van der Waals surface area contributed by atoms with Crippen LogP contribution in [0.15, 0.2) is 55.1 Å². The summed E-state index contributed by atoms with van der Waals surface area (Å²) < 4.78 is 24.4. The molecule has 40 heavy (non-hydrogen) atoms. The van der Waals surface area contributed by atoms with Crippen molar-refractivity contribution in [1.29, 1.82) is 0 Å². The number of nitrogens with zero attached hydrogens (tertiary/aromatic N) is 7. The van der Waals surface area contributed by atoms with Gasteiger partial charge >= 0.3 is 0 Å². The Balaban J connectivity index is 1.17. The monoisotopic (exact) mass is 543 g/mol. The van der Waals surface area contributed by atoms with Gasteiger partial charge in [0.1, 0.15) is 29.7 Å². The molecule has 2 saturated heterocycles. The molecule has 6 heterocycles. The SMILES string of the molecule is Cn1ccc(-c2cn([C@@H]3O[C@H](C(=O)Nc4ccc5ccc(N6CCC6)nc5c4)[C@@H](O)[C@@H]3F)c3ncnc(N)c23)n1. The van der Waals surface area contributed by atoms with E-state index in [2.05, 4.69) is 25.3 Å². The van der Waals surface area contributed by atoms with E-state index in [4.69, 9.17) is 15.5 Å². The third kappa shape index (κ3) is 3.93. The molecule has 0 spiro atoms. The van der Waals surface area contributed by atoms with Crippen LogP contribution in [0.5, 0.6) is 0 Å². The molecule has 2 fully saturated rings. The Morgan fingerprint density at radius 3 is 2.77 bits per heavy atom. The Hall–Kier alpha value is -4.62. The third-order valence-corrected chi connectivity index (χ3v) is 7.48. The molecule has 4 N–H and O–H groups in total. The van der Waals surface area contributed by atoms with Crippen LogP contribution in [0.2, 0.25) is 0 Å². The number of nitrogens with two attached hydrogens (primary N) is 1. The van der Waals surface area contributed by atoms with Gasteiger partial charge in [0.15, 0.2) is 18.5 Å². The summed E-state index contributed by atoms with van der Waals surface area (Å²) in [5, 5.41) is 19.3. The maximum absolute atomic E-state index is 15.5. The number of aliphatic hydroxyl groups excluding tert-OH is 1. The van der Waals surface area contributed by atoms with Gasteiger partial charge in [0.25, 0.3) is 5.91 Å². The zero-order chi connectivity index (χ0) is 27.5. The number of aryl methyl sites for hydroxylation is 1. The molecule has 0 unspecified atom stereocenters. The van der Waals surface area contributed by atoms with Crippen molar-refractivity contribution in [3.63, 3.8) is 0 Å². The fraction of sp³-hybridized carbons (Fsp3) is 0.296. The Kier molecular flexibility index (Phi) is 5.64. The van der Waals surface area contributed by atoms with Crippen molar-refractivity contribution in [2.75, 3.05) is 29.0 Å². The number of hydrogen-bond acceptors (Lipinski definition) is 9. The number of fused-ring (bicyclic) bond motifs is 2. The molecule has 0 aliphatic carbocycles. The van der Waals surface area contributed by atoms with Crippen molar-refractivity contribution >= 4 is 45.2 Å². The predicted molar refractivity (Wildman–Crippen MR) is 146 cm³/mol. The van der Waals surface area contributed by atoms with Gasteiger partial charge in [-0.1, -0.05) is 6.07 Å². The standard InChI is InChI=1S/C27H26FN9O3/c1-35-10-7-17(34-35)16-12-37(25-20(16)24(29)30-13-31-25)27-21(28)22(38)23(40-27)26(39)32-15-5-3-14-4-6-19(33-18(14)11-15)36-8-2-9-36/h3-7,10-13,21-23,27,38H,2,8-9H2,1H3,(H,32,39)(H2,29,30,31)/t21-,22-,23-,27+/m0/s1. The molecular weight excluding hydrogens is 517 g/mol. The largest absolute Gasteiger partial charge is 0.387 e. The minimum Gasteiger partial charge on any atom is -0.387 e. The Morgan fingerprint density at radius 2 is 2.02 bits per heavy atom. The van der Waals surface area contributed by atoms with Crippen molar-refractivity contribution < 1.29 is 19.0 Å². The summed E-state index contributed by atoms with van der Waals surface area (Å²) in [6.07, 6.45) is -0.662. The minimum absolute atomic E-state index is 0.190. The molecule has 5 aromatic rings. The molecule has 0 bridgehead atoms. The van der Waals surface area contributed by atoms with E-state index in [1.165, 1.54) is 10.9 Å². The van der Waals surface area contributed by atoms with Gasteiger partial charge in [0.2, 0.25) is 0 Å². The molecule has 2 aliphatic rings. The number of carbonyl (C=O) groups excluding carboxylic acids is 1. The van der Waals surface area contributed by atoms with Crippen LogP contribution in [0.4, 0.5) is 21.7 Å². The second-order valence-electron chi connectivity index (χ2n) is 10.1. The number of halogens is 1. The smallest absolute Gasteiger partial charge is 0.256 e. The fourth-order valence-electron chi connectivity index (χ4n) is 5.25. The molecule has 1 aromatic carbocycles. The Morgan fingerprint density at radius 1 is 1.20 bits per heavy atom. The first-order valence-corrected chi connectivity index (χ1v) is 12.9. The number of ether oxygens (including phenoxy) is 1. The topological polar surface area (TPSA) is 149 Å². The van der Waals surface area contributed by atoms with E-state index in [1.54, 1.807) is 42.3 Å². The number of carbonyl (C=O) groups is 1. The number of nitrogens with one attached hydrogen (secondary N) is 1. The molecule has 4 aromatic heterocycles. The maximum atomic E-state index is 15.5. The molecule has 0 radical (unpaired) electrons. The van der Waals surface area contributed by atoms with E-state index >= 15 is 4.39 Å². The van der Waals surface area contributed by atoms with Crippen molar-refractivity contribution in [2.45, 2.75) is 31.0 Å². The number of pyridine rings is 1. The molecule has 0 saturated carbocycles. The molecule has 7 rings (SSSR count). The van der Waals surface area contributed by atoms with Gasteiger partial charge in [-0.2, -0.15) is 5.10 Å². The van der Waals surface area contributed by atoms with Gasteiger partial charge in [0.05, 0.1) is 16.6 Å². The zero-order valence-corrected chi connectivity index (χ0v) is 21.5. The number of amides is 1. The van der Waals surface area contributed by atoms with Crippen LogP contribution in [-0.2, 0) is 16.6 Å². The van der Waals surface area contributed by atoms with E-state index in [9.17, 15) is 9.90 Å². The van der Waals surface area contributed by atoms with Crippen molar-refractivity contribution in [3.8, 4) is 11.3 Å². The lowest BCUT2D eigenvalue weighted by atomic mass is 10.1. The van der Waals surface area contributed by atoms with Crippen LogP contribution in [0, 0.1) is 0 Å². The van der Waals surface area contributed by atoms with Crippen molar-refractivity contribution in [1.82, 2.24) is 29.3 Å². The first-order valence-electron chi connectivity index (χ1n) is 12.9. The number of anilines is 3. The highest BCUT2D eigenvalue weighted by molar-refractivity contribution is 6.00. The first-order chi connectivity index (χ1) is 19.4.